The Labute approximate surface area is 139 Å². The molecule has 5 aliphatic rings. The van der Waals surface area contributed by atoms with Crippen LogP contribution in [0.15, 0.2) is 36.4 Å². The highest BCUT2D eigenvalue weighted by atomic mass is 16.5. The number of allylic oxidation sites excluding steroid dienone is 2. The molecule has 3 amide bonds. The minimum absolute atomic E-state index is 0.129. The third-order valence-corrected chi connectivity index (χ3v) is 6.18. The van der Waals surface area contributed by atoms with Gasteiger partial charge >= 0.3 is 0 Å². The van der Waals surface area contributed by atoms with E-state index in [0.717, 1.165) is 11.3 Å². The number of rotatable bonds is 2. The number of imide groups is 3. The van der Waals surface area contributed by atoms with Gasteiger partial charge in [-0.15, -0.1) is 0 Å². The van der Waals surface area contributed by atoms with Gasteiger partial charge in [-0.1, -0.05) is 18.2 Å². The van der Waals surface area contributed by atoms with Crippen LogP contribution in [0.25, 0.3) is 0 Å². The van der Waals surface area contributed by atoms with Crippen LogP contribution in [-0.4, -0.2) is 29.7 Å². The predicted molar refractivity (Wildman–Crippen MR) is 83.9 cm³/mol. The number of carbonyl (C=O) groups is 3. The SMILES string of the molecule is COc1cccc(C(=O)N2C(=O)[C@@H]3[C@H]4C=C[C@@H]([C@@H]5C[C@H]45)[C@H]3C2=O)c1. The van der Waals surface area contributed by atoms with Crippen molar-refractivity contribution in [3.63, 3.8) is 0 Å². The third-order valence-electron chi connectivity index (χ3n) is 6.18. The Balaban J connectivity index is 1.51. The predicted octanol–water partition coefficient (Wildman–Crippen LogP) is 1.89. The summed E-state index contributed by atoms with van der Waals surface area (Å²) < 4.78 is 5.13. The second kappa shape index (κ2) is 4.56. The third kappa shape index (κ3) is 1.62. The molecule has 0 spiro atoms. The van der Waals surface area contributed by atoms with Crippen molar-refractivity contribution < 1.29 is 19.1 Å². The first kappa shape index (κ1) is 14.0. The number of nitrogens with zero attached hydrogens (tertiary/aromatic N) is 1. The van der Waals surface area contributed by atoms with Crippen molar-refractivity contribution in [3.05, 3.63) is 42.0 Å². The molecule has 6 rings (SSSR count). The molecule has 5 heteroatoms. The fourth-order valence-electron chi connectivity index (χ4n) is 5.04. The standard InChI is InChI=1S/C19H17NO4/c1-24-10-4-2-3-9(7-10)17(21)20-18(22)15-11-5-6-12(14-8-13(11)14)16(15)19(20)23/h2-7,11-16H,8H2,1H3/t11-,12-,13-,14+,15+,16+/m0/s1. The molecule has 122 valence electrons. The van der Waals surface area contributed by atoms with Crippen LogP contribution < -0.4 is 4.74 Å². The number of methoxy groups -OCH3 is 1. The van der Waals surface area contributed by atoms with Crippen LogP contribution in [-0.2, 0) is 9.59 Å². The van der Waals surface area contributed by atoms with Gasteiger partial charge in [0, 0.05) is 5.56 Å². The van der Waals surface area contributed by atoms with Crippen LogP contribution in [0.3, 0.4) is 0 Å². The molecule has 1 aromatic rings. The smallest absolute Gasteiger partial charge is 0.267 e. The van der Waals surface area contributed by atoms with E-state index in [4.69, 9.17) is 4.74 Å². The maximum Gasteiger partial charge on any atom is 0.267 e. The largest absolute Gasteiger partial charge is 0.497 e. The van der Waals surface area contributed by atoms with Gasteiger partial charge in [-0.2, -0.15) is 0 Å². The fourth-order valence-corrected chi connectivity index (χ4v) is 5.04. The average Bonchev–Trinajstić information content (AvgIpc) is 3.39. The second-order valence-corrected chi connectivity index (χ2v) is 7.20. The lowest BCUT2D eigenvalue weighted by molar-refractivity contribution is -0.136. The first-order valence-corrected chi connectivity index (χ1v) is 8.36. The Morgan fingerprint density at radius 2 is 1.71 bits per heavy atom. The zero-order valence-corrected chi connectivity index (χ0v) is 13.2. The van der Waals surface area contributed by atoms with Gasteiger partial charge < -0.3 is 4.74 Å². The summed E-state index contributed by atoms with van der Waals surface area (Å²) in [5.74, 6) is -0.00256. The van der Waals surface area contributed by atoms with Crippen molar-refractivity contribution in [1.82, 2.24) is 4.90 Å². The molecule has 4 aliphatic carbocycles. The van der Waals surface area contributed by atoms with Gasteiger partial charge in [0.25, 0.3) is 5.91 Å². The molecule has 1 aliphatic heterocycles. The number of benzene rings is 1. The Kier molecular flexibility index (Phi) is 2.65. The molecule has 3 fully saturated rings. The second-order valence-electron chi connectivity index (χ2n) is 7.20. The van der Waals surface area contributed by atoms with Gasteiger partial charge in [0.2, 0.25) is 11.8 Å². The van der Waals surface area contributed by atoms with E-state index >= 15 is 0 Å². The normalized spacial score (nSPS) is 38.1. The molecule has 0 radical (unpaired) electrons. The molecular weight excluding hydrogens is 306 g/mol. The molecule has 0 aromatic heterocycles. The highest BCUT2D eigenvalue weighted by Crippen LogP contribution is 2.65. The van der Waals surface area contributed by atoms with Gasteiger partial charge in [0.05, 0.1) is 18.9 Å². The van der Waals surface area contributed by atoms with E-state index in [9.17, 15) is 14.4 Å². The topological polar surface area (TPSA) is 63.7 Å². The summed E-state index contributed by atoms with van der Waals surface area (Å²) in [4.78, 5) is 39.5. The molecule has 24 heavy (non-hydrogen) atoms. The Bertz CT molecular complexity index is 777. The number of carbonyl (C=O) groups excluding carboxylic acids is 3. The Morgan fingerprint density at radius 3 is 2.29 bits per heavy atom. The van der Waals surface area contributed by atoms with Gasteiger partial charge in [-0.25, -0.2) is 4.90 Å². The molecule has 6 atom stereocenters. The highest BCUT2D eigenvalue weighted by molar-refractivity contribution is 6.21. The van der Waals surface area contributed by atoms with Crippen molar-refractivity contribution in [2.24, 2.45) is 35.5 Å². The molecule has 1 aromatic carbocycles. The summed E-state index contributed by atoms with van der Waals surface area (Å²) in [5.41, 5.74) is 0.306. The monoisotopic (exact) mass is 323 g/mol. The van der Waals surface area contributed by atoms with Crippen molar-refractivity contribution in [3.8, 4) is 5.75 Å². The quantitative estimate of drug-likeness (QED) is 0.616. The van der Waals surface area contributed by atoms with E-state index in [-0.39, 0.29) is 35.5 Å². The molecule has 0 N–H and O–H groups in total. The van der Waals surface area contributed by atoms with Crippen molar-refractivity contribution in [2.75, 3.05) is 7.11 Å². The molecular formula is C19H17NO4. The van der Waals surface area contributed by atoms with E-state index in [1.54, 1.807) is 24.3 Å². The number of likely N-dealkylation sites (tertiary alicyclic amines) is 1. The molecule has 1 saturated heterocycles. The minimum Gasteiger partial charge on any atom is -0.497 e. The highest BCUT2D eigenvalue weighted by Gasteiger charge is 2.67. The van der Waals surface area contributed by atoms with Gasteiger partial charge in [-0.05, 0) is 48.3 Å². The first-order valence-electron chi connectivity index (χ1n) is 8.36. The van der Waals surface area contributed by atoms with Gasteiger partial charge in [0.1, 0.15) is 5.75 Å². The van der Waals surface area contributed by atoms with Gasteiger partial charge in [-0.3, -0.25) is 14.4 Å². The van der Waals surface area contributed by atoms with Crippen LogP contribution in [0, 0.1) is 35.5 Å². The Hall–Kier alpha value is -2.43. The van der Waals surface area contributed by atoms with Crippen LogP contribution in [0.2, 0.25) is 0 Å². The lowest BCUT2D eigenvalue weighted by Crippen LogP contribution is -2.40. The Morgan fingerprint density at radius 1 is 1.08 bits per heavy atom. The minimum atomic E-state index is -0.536. The van der Waals surface area contributed by atoms with Gasteiger partial charge in [0.15, 0.2) is 0 Å². The first-order chi connectivity index (χ1) is 11.6. The molecule has 0 unspecified atom stereocenters. The number of hydrogen-bond acceptors (Lipinski definition) is 4. The number of amides is 3. The lowest BCUT2D eigenvalue weighted by atomic mass is 9.63. The lowest BCUT2D eigenvalue weighted by Gasteiger charge is -2.37. The summed E-state index contributed by atoms with van der Waals surface area (Å²) >= 11 is 0. The van der Waals surface area contributed by atoms with E-state index in [1.165, 1.54) is 7.11 Å². The summed E-state index contributed by atoms with van der Waals surface area (Å²) in [5, 5.41) is 0. The average molecular weight is 323 g/mol. The summed E-state index contributed by atoms with van der Waals surface area (Å²) in [6, 6.07) is 6.58. The van der Waals surface area contributed by atoms with E-state index < -0.39 is 5.91 Å². The van der Waals surface area contributed by atoms with Crippen molar-refractivity contribution >= 4 is 17.7 Å². The van der Waals surface area contributed by atoms with Crippen LogP contribution in [0.5, 0.6) is 5.75 Å². The van der Waals surface area contributed by atoms with Crippen molar-refractivity contribution in [2.45, 2.75) is 6.42 Å². The van der Waals surface area contributed by atoms with E-state index in [1.807, 2.05) is 0 Å². The number of hydrogen-bond donors (Lipinski definition) is 0. The van der Waals surface area contributed by atoms with E-state index in [2.05, 4.69) is 12.2 Å². The molecule has 2 bridgehead atoms. The maximum atomic E-state index is 12.9. The zero-order valence-electron chi connectivity index (χ0n) is 13.2. The van der Waals surface area contributed by atoms with E-state index in [0.29, 0.717) is 23.1 Å². The number of ether oxygens (including phenoxy) is 1. The zero-order chi connectivity index (χ0) is 16.6. The summed E-state index contributed by atoms with van der Waals surface area (Å²) in [6.45, 7) is 0. The molecule has 1 heterocycles. The fraction of sp³-hybridized carbons (Fsp3) is 0.421. The van der Waals surface area contributed by atoms with Crippen molar-refractivity contribution in [1.29, 1.82) is 0 Å². The summed E-state index contributed by atoms with van der Waals surface area (Å²) in [6.07, 6.45) is 5.31. The van der Waals surface area contributed by atoms with Crippen LogP contribution in [0.1, 0.15) is 16.8 Å². The van der Waals surface area contributed by atoms with Crippen LogP contribution >= 0.6 is 0 Å². The van der Waals surface area contributed by atoms with Crippen LogP contribution in [0.4, 0.5) is 0 Å². The maximum absolute atomic E-state index is 12.9. The molecule has 2 saturated carbocycles. The molecule has 5 nitrogen and oxygen atoms in total. The summed E-state index contributed by atoms with van der Waals surface area (Å²) in [7, 11) is 1.51.